The maximum Gasteiger partial charge on any atom is 0.270 e. The Balaban J connectivity index is 1.61. The van der Waals surface area contributed by atoms with Crippen LogP contribution in [0.5, 0.6) is 0 Å². The Morgan fingerprint density at radius 1 is 1.27 bits per heavy atom. The van der Waals surface area contributed by atoms with E-state index in [1.165, 1.54) is 12.1 Å². The van der Waals surface area contributed by atoms with Gasteiger partial charge >= 0.3 is 0 Å². The lowest BCUT2D eigenvalue weighted by atomic mass is 10.0. The molecule has 0 saturated carbocycles. The van der Waals surface area contributed by atoms with Crippen LogP contribution in [-0.4, -0.2) is 40.5 Å². The third-order valence-electron chi connectivity index (χ3n) is 6.17. The fourth-order valence-electron chi connectivity index (χ4n) is 4.43. The number of aromatic nitrogens is 1. The van der Waals surface area contributed by atoms with E-state index in [0.29, 0.717) is 37.4 Å². The topological polar surface area (TPSA) is 63.6 Å². The molecule has 2 aliphatic rings. The Labute approximate surface area is 176 Å². The molecule has 2 amide bonds. The molecule has 0 bridgehead atoms. The van der Waals surface area contributed by atoms with Crippen LogP contribution in [0.15, 0.2) is 30.3 Å². The quantitative estimate of drug-likeness (QED) is 0.814. The maximum absolute atomic E-state index is 13.3. The molecular weight excluding hydrogens is 385 g/mol. The zero-order chi connectivity index (χ0) is 21.3. The fraction of sp³-hybridized carbons (Fsp3) is 0.478. The monoisotopic (exact) mass is 413 g/mol. The molecule has 2 aromatic rings. The second-order valence-corrected chi connectivity index (χ2v) is 8.07. The molecule has 0 radical (unpaired) electrons. The number of amides is 2. The summed E-state index contributed by atoms with van der Waals surface area (Å²) in [7, 11) is 0. The molecule has 0 spiro atoms. The number of fused-ring (bicyclic) bond motifs is 1. The van der Waals surface area contributed by atoms with Crippen molar-refractivity contribution in [1.82, 2.24) is 14.8 Å². The number of nitrogens with zero attached hydrogens (tertiary/aromatic N) is 2. The fourth-order valence-corrected chi connectivity index (χ4v) is 4.43. The van der Waals surface area contributed by atoms with Crippen LogP contribution in [0.3, 0.4) is 0 Å². The van der Waals surface area contributed by atoms with Crippen molar-refractivity contribution in [3.63, 3.8) is 0 Å². The molecule has 2 atom stereocenters. The highest BCUT2D eigenvalue weighted by atomic mass is 19.1. The third kappa shape index (κ3) is 3.86. The SMILES string of the molecule is CC[C@@H](NC(=O)c1cc(C(=O)N2CCC[C@@H]2C)n2c1COCC2)c1ccc(F)cc1. The molecule has 0 unspecified atom stereocenters. The highest BCUT2D eigenvalue weighted by molar-refractivity contribution is 6.01. The van der Waals surface area contributed by atoms with Crippen LogP contribution >= 0.6 is 0 Å². The lowest BCUT2D eigenvalue weighted by molar-refractivity contribution is 0.0683. The van der Waals surface area contributed by atoms with Gasteiger partial charge in [0.1, 0.15) is 11.5 Å². The number of ether oxygens (including phenoxy) is 1. The molecule has 1 N–H and O–H groups in total. The second kappa shape index (κ2) is 8.60. The van der Waals surface area contributed by atoms with Crippen molar-refractivity contribution in [2.45, 2.75) is 58.3 Å². The number of nitrogens with one attached hydrogen (secondary N) is 1. The summed E-state index contributed by atoms with van der Waals surface area (Å²) < 4.78 is 20.8. The first kappa shape index (κ1) is 20.6. The minimum absolute atomic E-state index is 0.0206. The van der Waals surface area contributed by atoms with Gasteiger partial charge in [-0.1, -0.05) is 19.1 Å². The van der Waals surface area contributed by atoms with Gasteiger partial charge in [-0.25, -0.2) is 4.39 Å². The van der Waals surface area contributed by atoms with Gasteiger partial charge in [-0.05, 0) is 49.9 Å². The van der Waals surface area contributed by atoms with Gasteiger partial charge in [0, 0.05) is 19.1 Å². The first-order chi connectivity index (χ1) is 14.5. The van der Waals surface area contributed by atoms with Crippen molar-refractivity contribution in [3.05, 3.63) is 58.7 Å². The van der Waals surface area contributed by atoms with Gasteiger partial charge in [0.2, 0.25) is 0 Å². The summed E-state index contributed by atoms with van der Waals surface area (Å²) in [6, 6.07) is 7.85. The van der Waals surface area contributed by atoms with E-state index >= 15 is 0 Å². The maximum atomic E-state index is 13.3. The number of rotatable bonds is 5. The normalized spacial score (nSPS) is 19.4. The molecule has 3 heterocycles. The van der Waals surface area contributed by atoms with Crippen LogP contribution < -0.4 is 5.32 Å². The van der Waals surface area contributed by atoms with Gasteiger partial charge in [0.25, 0.3) is 11.8 Å². The number of likely N-dealkylation sites (tertiary alicyclic amines) is 1. The Bertz CT molecular complexity index is 938. The van der Waals surface area contributed by atoms with E-state index in [1.807, 2.05) is 16.4 Å². The Morgan fingerprint density at radius 3 is 2.70 bits per heavy atom. The molecule has 6 nitrogen and oxygen atoms in total. The largest absolute Gasteiger partial charge is 0.373 e. The van der Waals surface area contributed by atoms with Gasteiger partial charge in [0.15, 0.2) is 0 Å². The van der Waals surface area contributed by atoms with Crippen LogP contribution in [0, 0.1) is 5.82 Å². The molecule has 2 aliphatic heterocycles. The first-order valence-electron chi connectivity index (χ1n) is 10.7. The number of hydrogen-bond donors (Lipinski definition) is 1. The predicted molar refractivity (Wildman–Crippen MR) is 111 cm³/mol. The van der Waals surface area contributed by atoms with Gasteiger partial charge in [-0.3, -0.25) is 9.59 Å². The molecule has 7 heteroatoms. The number of hydrogen-bond acceptors (Lipinski definition) is 3. The Morgan fingerprint density at radius 2 is 2.03 bits per heavy atom. The van der Waals surface area contributed by atoms with E-state index in [-0.39, 0.29) is 29.7 Å². The highest BCUT2D eigenvalue weighted by Crippen LogP contribution is 2.26. The molecule has 160 valence electrons. The third-order valence-corrected chi connectivity index (χ3v) is 6.17. The van der Waals surface area contributed by atoms with Gasteiger partial charge < -0.3 is 19.5 Å². The zero-order valence-corrected chi connectivity index (χ0v) is 17.5. The molecule has 4 rings (SSSR count). The summed E-state index contributed by atoms with van der Waals surface area (Å²) in [5.74, 6) is -0.570. The van der Waals surface area contributed by atoms with Gasteiger partial charge in [-0.2, -0.15) is 0 Å². The average molecular weight is 413 g/mol. The van der Waals surface area contributed by atoms with Crippen LogP contribution in [0.1, 0.15) is 71.3 Å². The van der Waals surface area contributed by atoms with E-state index in [2.05, 4.69) is 12.2 Å². The molecule has 30 heavy (non-hydrogen) atoms. The highest BCUT2D eigenvalue weighted by Gasteiger charge is 2.32. The molecule has 1 aromatic heterocycles. The summed E-state index contributed by atoms with van der Waals surface area (Å²) in [6.07, 6.45) is 2.68. The predicted octanol–water partition coefficient (Wildman–Crippen LogP) is 3.66. The Hall–Kier alpha value is -2.67. The van der Waals surface area contributed by atoms with E-state index in [0.717, 1.165) is 30.6 Å². The summed E-state index contributed by atoms with van der Waals surface area (Å²) in [4.78, 5) is 28.3. The average Bonchev–Trinajstić information content (AvgIpc) is 3.36. The smallest absolute Gasteiger partial charge is 0.270 e. The number of halogens is 1. The van der Waals surface area contributed by atoms with E-state index < -0.39 is 0 Å². The number of carbonyl (C=O) groups is 2. The van der Waals surface area contributed by atoms with Crippen LogP contribution in [0.25, 0.3) is 0 Å². The molecule has 1 saturated heterocycles. The lowest BCUT2D eigenvalue weighted by Crippen LogP contribution is -2.35. The van der Waals surface area contributed by atoms with Gasteiger partial charge in [0.05, 0.1) is 30.5 Å². The first-order valence-corrected chi connectivity index (χ1v) is 10.7. The molecule has 1 aromatic carbocycles. The molecule has 0 aliphatic carbocycles. The van der Waals surface area contributed by atoms with Crippen molar-refractivity contribution in [2.24, 2.45) is 0 Å². The zero-order valence-electron chi connectivity index (χ0n) is 17.5. The summed E-state index contributed by atoms with van der Waals surface area (Å²) >= 11 is 0. The minimum Gasteiger partial charge on any atom is -0.373 e. The van der Waals surface area contributed by atoms with E-state index in [9.17, 15) is 14.0 Å². The van der Waals surface area contributed by atoms with E-state index in [4.69, 9.17) is 4.74 Å². The molecular formula is C23H28FN3O3. The summed E-state index contributed by atoms with van der Waals surface area (Å²) in [5, 5.41) is 3.04. The summed E-state index contributed by atoms with van der Waals surface area (Å²) in [5.41, 5.74) is 2.62. The van der Waals surface area contributed by atoms with Crippen molar-refractivity contribution in [1.29, 1.82) is 0 Å². The number of benzene rings is 1. The standard InChI is InChI=1S/C23H28FN3O3/c1-3-19(16-6-8-17(24)9-7-16)25-22(28)18-13-20(27-11-12-30-14-21(18)27)23(29)26-10-4-5-15(26)2/h6-9,13,15,19H,3-5,10-12,14H2,1-2H3,(H,25,28)/t15-,19+/m0/s1. The summed E-state index contributed by atoms with van der Waals surface area (Å²) in [6.45, 7) is 6.17. The van der Waals surface area contributed by atoms with Crippen molar-refractivity contribution in [3.8, 4) is 0 Å². The van der Waals surface area contributed by atoms with Crippen LogP contribution in [0.4, 0.5) is 4.39 Å². The van der Waals surface area contributed by atoms with Gasteiger partial charge in [-0.15, -0.1) is 0 Å². The van der Waals surface area contributed by atoms with Crippen molar-refractivity contribution in [2.75, 3.05) is 13.2 Å². The second-order valence-electron chi connectivity index (χ2n) is 8.07. The molecule has 1 fully saturated rings. The minimum atomic E-state index is -0.308. The van der Waals surface area contributed by atoms with Crippen LogP contribution in [0.2, 0.25) is 0 Å². The number of carbonyl (C=O) groups excluding carboxylic acids is 2. The Kier molecular flexibility index (Phi) is 5.90. The van der Waals surface area contributed by atoms with Crippen LogP contribution in [-0.2, 0) is 17.9 Å². The van der Waals surface area contributed by atoms with Crippen molar-refractivity contribution < 1.29 is 18.7 Å². The lowest BCUT2D eigenvalue weighted by Gasteiger charge is -2.24. The van der Waals surface area contributed by atoms with E-state index in [1.54, 1.807) is 18.2 Å². The van der Waals surface area contributed by atoms with Crippen molar-refractivity contribution >= 4 is 11.8 Å².